The van der Waals surface area contributed by atoms with Crippen LogP contribution in [0.2, 0.25) is 9.36 Å². The number of thiazole rings is 1. The number of amides is 1. The molecule has 0 spiro atoms. The van der Waals surface area contributed by atoms with Gasteiger partial charge in [-0.3, -0.25) is 4.79 Å². The van der Waals surface area contributed by atoms with E-state index < -0.39 is 0 Å². The van der Waals surface area contributed by atoms with Crippen molar-refractivity contribution >= 4 is 46.1 Å². The Morgan fingerprint density at radius 3 is 2.61 bits per heavy atom. The number of aromatic nitrogens is 1. The molecule has 0 radical (unpaired) electrons. The zero-order valence-electron chi connectivity index (χ0n) is 12.8. The second kappa shape index (κ2) is 7.07. The van der Waals surface area contributed by atoms with Gasteiger partial charge in [-0.25, -0.2) is 4.98 Å². The summed E-state index contributed by atoms with van der Waals surface area (Å²) < 4.78 is 0.619. The van der Waals surface area contributed by atoms with Crippen molar-refractivity contribution in [3.8, 4) is 0 Å². The van der Waals surface area contributed by atoms with Crippen molar-refractivity contribution < 1.29 is 4.79 Å². The van der Waals surface area contributed by atoms with E-state index in [1.165, 1.54) is 11.3 Å². The van der Waals surface area contributed by atoms with Crippen LogP contribution in [0, 0.1) is 6.92 Å². The maximum Gasteiger partial charge on any atom is 0.229 e. The Kier molecular flexibility index (Phi) is 5.09. The highest BCUT2D eigenvalue weighted by atomic mass is 35.5. The summed E-state index contributed by atoms with van der Waals surface area (Å²) in [6.07, 6.45) is 1.92. The fourth-order valence-electron chi connectivity index (χ4n) is 2.60. The summed E-state index contributed by atoms with van der Waals surface area (Å²) in [6, 6.07) is 6.10. The molecule has 0 atom stereocenters. The molecule has 2 heterocycles. The van der Waals surface area contributed by atoms with E-state index >= 15 is 0 Å². The standard InChI is InChI=1S/C16H17Cl2N3OS/c1-11-2-3-12(8-13(11)17)20-4-6-21(7-5-20)16(22)9-15-19-10-14(18)23-15/h2-3,8,10H,4-7,9H2,1H3. The lowest BCUT2D eigenvalue weighted by Gasteiger charge is -2.36. The molecule has 0 aliphatic carbocycles. The minimum atomic E-state index is 0.109. The van der Waals surface area contributed by atoms with Crippen LogP contribution in [0.5, 0.6) is 0 Å². The van der Waals surface area contributed by atoms with E-state index in [9.17, 15) is 4.79 Å². The number of benzene rings is 1. The number of halogens is 2. The number of rotatable bonds is 3. The van der Waals surface area contributed by atoms with E-state index in [-0.39, 0.29) is 5.91 Å². The fraction of sp³-hybridized carbons (Fsp3) is 0.375. The summed E-state index contributed by atoms with van der Waals surface area (Å²) in [6.45, 7) is 5.04. The maximum absolute atomic E-state index is 12.3. The second-order valence-corrected chi connectivity index (χ2v) is 7.69. The molecular formula is C16H17Cl2N3OS. The molecule has 0 unspecified atom stereocenters. The van der Waals surface area contributed by atoms with Crippen molar-refractivity contribution in [1.29, 1.82) is 0 Å². The number of hydrogen-bond acceptors (Lipinski definition) is 4. The molecule has 0 N–H and O–H groups in total. The molecule has 1 saturated heterocycles. The molecule has 122 valence electrons. The summed E-state index contributed by atoms with van der Waals surface area (Å²) in [5.41, 5.74) is 2.19. The van der Waals surface area contributed by atoms with Gasteiger partial charge >= 0.3 is 0 Å². The summed E-state index contributed by atoms with van der Waals surface area (Å²) in [7, 11) is 0. The van der Waals surface area contributed by atoms with Gasteiger partial charge in [0.15, 0.2) is 0 Å². The van der Waals surface area contributed by atoms with E-state index in [2.05, 4.69) is 16.0 Å². The fourth-order valence-corrected chi connectivity index (χ4v) is 3.73. The molecule has 1 amide bonds. The number of piperazine rings is 1. The highest BCUT2D eigenvalue weighted by Crippen LogP contribution is 2.24. The summed E-state index contributed by atoms with van der Waals surface area (Å²) >= 11 is 13.4. The topological polar surface area (TPSA) is 36.4 Å². The molecule has 2 aromatic rings. The zero-order chi connectivity index (χ0) is 16.4. The van der Waals surface area contributed by atoms with Crippen molar-refractivity contribution in [3.63, 3.8) is 0 Å². The Hall–Kier alpha value is -1.30. The predicted molar refractivity (Wildman–Crippen MR) is 95.8 cm³/mol. The Morgan fingerprint density at radius 1 is 1.26 bits per heavy atom. The van der Waals surface area contributed by atoms with Crippen LogP contribution >= 0.6 is 34.5 Å². The average molecular weight is 370 g/mol. The van der Waals surface area contributed by atoms with Gasteiger partial charge in [-0.15, -0.1) is 11.3 Å². The molecule has 1 aliphatic rings. The quantitative estimate of drug-likeness (QED) is 0.828. The lowest BCUT2D eigenvalue weighted by Crippen LogP contribution is -2.49. The molecule has 1 aromatic carbocycles. The van der Waals surface area contributed by atoms with Crippen LogP contribution < -0.4 is 4.90 Å². The van der Waals surface area contributed by atoms with Gasteiger partial charge in [-0.2, -0.15) is 0 Å². The molecule has 3 rings (SSSR count). The SMILES string of the molecule is Cc1ccc(N2CCN(C(=O)Cc3ncc(Cl)s3)CC2)cc1Cl. The van der Waals surface area contributed by atoms with Crippen LogP contribution in [0.15, 0.2) is 24.4 Å². The van der Waals surface area contributed by atoms with Crippen molar-refractivity contribution in [2.75, 3.05) is 31.1 Å². The second-order valence-electron chi connectivity index (χ2n) is 5.54. The minimum absolute atomic E-state index is 0.109. The smallest absolute Gasteiger partial charge is 0.229 e. The third-order valence-electron chi connectivity index (χ3n) is 3.98. The van der Waals surface area contributed by atoms with Crippen molar-refractivity contribution in [1.82, 2.24) is 9.88 Å². The molecular weight excluding hydrogens is 353 g/mol. The predicted octanol–water partition coefficient (Wildman–Crippen LogP) is 3.65. The van der Waals surface area contributed by atoms with Crippen LogP contribution in [0.1, 0.15) is 10.6 Å². The number of aryl methyl sites for hydroxylation is 1. The van der Waals surface area contributed by atoms with Gasteiger partial charge in [-0.05, 0) is 24.6 Å². The highest BCUT2D eigenvalue weighted by Gasteiger charge is 2.22. The van der Waals surface area contributed by atoms with Gasteiger partial charge in [0.05, 0.1) is 12.6 Å². The Labute approximate surface area is 149 Å². The van der Waals surface area contributed by atoms with Crippen LogP contribution in [-0.4, -0.2) is 42.0 Å². The van der Waals surface area contributed by atoms with E-state index in [1.807, 2.05) is 24.0 Å². The van der Waals surface area contributed by atoms with E-state index in [4.69, 9.17) is 23.2 Å². The molecule has 0 bridgehead atoms. The first-order valence-corrected chi connectivity index (χ1v) is 8.99. The third-order valence-corrected chi connectivity index (χ3v) is 5.50. The number of nitrogens with zero attached hydrogens (tertiary/aromatic N) is 3. The Morgan fingerprint density at radius 2 is 2.00 bits per heavy atom. The minimum Gasteiger partial charge on any atom is -0.368 e. The zero-order valence-corrected chi connectivity index (χ0v) is 15.1. The number of hydrogen-bond donors (Lipinski definition) is 0. The lowest BCUT2D eigenvalue weighted by atomic mass is 10.2. The lowest BCUT2D eigenvalue weighted by molar-refractivity contribution is -0.130. The first-order valence-electron chi connectivity index (χ1n) is 7.42. The number of carbonyl (C=O) groups excluding carboxylic acids is 1. The first-order chi connectivity index (χ1) is 11.0. The van der Waals surface area contributed by atoms with Gasteiger partial charge < -0.3 is 9.80 Å². The summed E-state index contributed by atoms with van der Waals surface area (Å²) in [5, 5.41) is 1.55. The molecule has 23 heavy (non-hydrogen) atoms. The van der Waals surface area contributed by atoms with E-state index in [1.54, 1.807) is 6.20 Å². The van der Waals surface area contributed by atoms with Crippen molar-refractivity contribution in [2.24, 2.45) is 0 Å². The van der Waals surface area contributed by atoms with Gasteiger partial charge in [0.25, 0.3) is 0 Å². The molecule has 1 aromatic heterocycles. The van der Waals surface area contributed by atoms with Gasteiger partial charge in [0.1, 0.15) is 9.34 Å². The number of anilines is 1. The highest BCUT2D eigenvalue weighted by molar-refractivity contribution is 7.15. The average Bonchev–Trinajstić information content (AvgIpc) is 2.95. The molecule has 4 nitrogen and oxygen atoms in total. The van der Waals surface area contributed by atoms with Gasteiger partial charge in [0.2, 0.25) is 5.91 Å². The molecule has 0 saturated carbocycles. The normalized spacial score (nSPS) is 15.1. The van der Waals surface area contributed by atoms with Crippen LogP contribution in [0.25, 0.3) is 0 Å². The van der Waals surface area contributed by atoms with Crippen molar-refractivity contribution in [3.05, 3.63) is 44.3 Å². The molecule has 1 aliphatic heterocycles. The van der Waals surface area contributed by atoms with Crippen LogP contribution in [-0.2, 0) is 11.2 Å². The third kappa shape index (κ3) is 3.97. The van der Waals surface area contributed by atoms with Crippen LogP contribution in [0.4, 0.5) is 5.69 Å². The Bertz CT molecular complexity index is 711. The Balaban J connectivity index is 1.57. The van der Waals surface area contributed by atoms with E-state index in [0.717, 1.165) is 34.4 Å². The maximum atomic E-state index is 12.3. The molecule has 1 fully saturated rings. The monoisotopic (exact) mass is 369 g/mol. The van der Waals surface area contributed by atoms with Crippen molar-refractivity contribution in [2.45, 2.75) is 13.3 Å². The van der Waals surface area contributed by atoms with Crippen LogP contribution in [0.3, 0.4) is 0 Å². The summed E-state index contributed by atoms with van der Waals surface area (Å²) in [4.78, 5) is 20.6. The largest absolute Gasteiger partial charge is 0.368 e. The van der Waals surface area contributed by atoms with E-state index in [0.29, 0.717) is 23.8 Å². The molecule has 7 heteroatoms. The summed E-state index contributed by atoms with van der Waals surface area (Å²) in [5.74, 6) is 0.109. The number of carbonyl (C=O) groups is 1. The van der Waals surface area contributed by atoms with Gasteiger partial charge in [0, 0.05) is 36.9 Å². The first kappa shape index (κ1) is 16.6. The van der Waals surface area contributed by atoms with Gasteiger partial charge in [-0.1, -0.05) is 29.3 Å².